The first-order valence-electron chi connectivity index (χ1n) is 5.51. The summed E-state index contributed by atoms with van der Waals surface area (Å²) in [6.07, 6.45) is 0.880. The van der Waals surface area contributed by atoms with Gasteiger partial charge in [-0.05, 0) is 18.8 Å². The highest BCUT2D eigenvalue weighted by Gasteiger charge is 2.44. The van der Waals surface area contributed by atoms with E-state index in [2.05, 4.69) is 0 Å². The molecule has 0 aromatic rings. The third kappa shape index (κ3) is 3.58. The molecule has 16 heavy (non-hydrogen) atoms. The molecule has 0 rings (SSSR count). The summed E-state index contributed by atoms with van der Waals surface area (Å²) in [5.74, 6) is -1.45. The predicted molar refractivity (Wildman–Crippen MR) is 61.3 cm³/mol. The van der Waals surface area contributed by atoms with E-state index in [0.29, 0.717) is 19.3 Å². The lowest BCUT2D eigenvalue weighted by molar-refractivity contribution is -0.153. The van der Waals surface area contributed by atoms with Crippen molar-refractivity contribution in [3.8, 4) is 0 Å². The van der Waals surface area contributed by atoms with Gasteiger partial charge in [-0.2, -0.15) is 0 Å². The molecule has 0 aliphatic heterocycles. The monoisotopic (exact) mass is 252 g/mol. The van der Waals surface area contributed by atoms with Crippen LogP contribution in [0.3, 0.4) is 0 Å². The molecule has 0 aromatic carbocycles. The Hall–Kier alpha value is -0.380. The molecule has 0 heterocycles. The number of aliphatic carboxylic acids is 1. The number of carbonyl (C=O) groups is 1. The highest BCUT2D eigenvalue weighted by Crippen LogP contribution is 2.46. The normalized spacial score (nSPS) is 14.8. The maximum Gasteiger partial charge on any atom is 0.325 e. The number of rotatable bonds is 7. The SMILES string of the molecule is CC[C@H](CP(=O)(O)O)C(CC)(CC)C(=O)O. The van der Waals surface area contributed by atoms with Gasteiger partial charge in [0, 0.05) is 0 Å². The molecular weight excluding hydrogens is 231 g/mol. The van der Waals surface area contributed by atoms with Crippen LogP contribution in [-0.2, 0) is 9.36 Å². The molecule has 5 nitrogen and oxygen atoms in total. The molecule has 3 N–H and O–H groups in total. The Labute approximate surface area is 96.0 Å². The van der Waals surface area contributed by atoms with E-state index in [-0.39, 0.29) is 6.16 Å². The Morgan fingerprint density at radius 2 is 1.69 bits per heavy atom. The Morgan fingerprint density at radius 1 is 1.25 bits per heavy atom. The van der Waals surface area contributed by atoms with Crippen LogP contribution >= 0.6 is 7.60 Å². The van der Waals surface area contributed by atoms with Gasteiger partial charge in [0.05, 0.1) is 11.6 Å². The molecule has 0 amide bonds. The first-order valence-corrected chi connectivity index (χ1v) is 7.31. The minimum Gasteiger partial charge on any atom is -0.481 e. The van der Waals surface area contributed by atoms with Gasteiger partial charge in [0.15, 0.2) is 0 Å². The molecule has 96 valence electrons. The van der Waals surface area contributed by atoms with Crippen LogP contribution in [0.2, 0.25) is 0 Å². The Balaban J connectivity index is 5.15. The molecule has 0 fully saturated rings. The van der Waals surface area contributed by atoms with E-state index in [1.165, 1.54) is 0 Å². The van der Waals surface area contributed by atoms with E-state index >= 15 is 0 Å². The molecule has 0 spiro atoms. The quantitative estimate of drug-likeness (QED) is 0.603. The summed E-state index contributed by atoms with van der Waals surface area (Å²) in [4.78, 5) is 29.3. The largest absolute Gasteiger partial charge is 0.481 e. The minimum absolute atomic E-state index is 0.350. The second kappa shape index (κ2) is 5.80. The Bertz CT molecular complexity index is 279. The smallest absolute Gasteiger partial charge is 0.325 e. The van der Waals surface area contributed by atoms with Gasteiger partial charge in [-0.3, -0.25) is 9.36 Å². The number of hydrogen-bond acceptors (Lipinski definition) is 2. The van der Waals surface area contributed by atoms with Crippen LogP contribution in [0.15, 0.2) is 0 Å². The van der Waals surface area contributed by atoms with Gasteiger partial charge in [0.2, 0.25) is 0 Å². The van der Waals surface area contributed by atoms with E-state index in [9.17, 15) is 14.5 Å². The number of carboxylic acid groups (broad SMARTS) is 1. The third-order valence-corrected chi connectivity index (χ3v) is 4.34. The van der Waals surface area contributed by atoms with E-state index in [0.717, 1.165) is 0 Å². The van der Waals surface area contributed by atoms with Gasteiger partial charge >= 0.3 is 13.6 Å². The fourth-order valence-corrected chi connectivity index (χ4v) is 3.47. The fraction of sp³-hybridized carbons (Fsp3) is 0.900. The van der Waals surface area contributed by atoms with Crippen LogP contribution in [0.5, 0.6) is 0 Å². The lowest BCUT2D eigenvalue weighted by Crippen LogP contribution is -2.39. The maximum absolute atomic E-state index is 11.3. The topological polar surface area (TPSA) is 94.8 Å². The van der Waals surface area contributed by atoms with Crippen LogP contribution in [0.1, 0.15) is 40.0 Å². The van der Waals surface area contributed by atoms with Crippen molar-refractivity contribution >= 4 is 13.6 Å². The first kappa shape index (κ1) is 15.6. The van der Waals surface area contributed by atoms with Crippen molar-refractivity contribution < 1.29 is 24.3 Å². The molecule has 0 aromatic heterocycles. The van der Waals surface area contributed by atoms with Crippen molar-refractivity contribution in [2.24, 2.45) is 11.3 Å². The summed E-state index contributed by atoms with van der Waals surface area (Å²) < 4.78 is 11.0. The van der Waals surface area contributed by atoms with Crippen LogP contribution in [0.4, 0.5) is 0 Å². The summed E-state index contributed by atoms with van der Waals surface area (Å²) in [5.41, 5.74) is -1.02. The van der Waals surface area contributed by atoms with E-state index in [4.69, 9.17) is 9.79 Å². The van der Waals surface area contributed by atoms with Crippen LogP contribution in [0, 0.1) is 11.3 Å². The minimum atomic E-state index is -4.16. The van der Waals surface area contributed by atoms with Gasteiger partial charge in [-0.1, -0.05) is 27.2 Å². The van der Waals surface area contributed by atoms with E-state index in [1.54, 1.807) is 20.8 Å². The zero-order chi connectivity index (χ0) is 13.0. The molecule has 0 aliphatic carbocycles. The first-order chi connectivity index (χ1) is 7.23. The van der Waals surface area contributed by atoms with Crippen LogP contribution in [-0.4, -0.2) is 27.0 Å². The highest BCUT2D eigenvalue weighted by molar-refractivity contribution is 7.51. The zero-order valence-electron chi connectivity index (χ0n) is 10.0. The summed E-state index contributed by atoms with van der Waals surface area (Å²) >= 11 is 0. The number of carboxylic acids is 1. The highest BCUT2D eigenvalue weighted by atomic mass is 31.2. The lowest BCUT2D eigenvalue weighted by atomic mass is 9.71. The third-order valence-electron chi connectivity index (χ3n) is 3.42. The van der Waals surface area contributed by atoms with Gasteiger partial charge in [-0.15, -0.1) is 0 Å². The molecule has 0 unspecified atom stereocenters. The molecule has 0 saturated carbocycles. The van der Waals surface area contributed by atoms with Gasteiger partial charge in [0.1, 0.15) is 0 Å². The second-order valence-corrected chi connectivity index (χ2v) is 5.82. The Kier molecular flexibility index (Phi) is 5.66. The molecule has 0 aliphatic rings. The fourth-order valence-electron chi connectivity index (χ4n) is 2.29. The predicted octanol–water partition coefficient (Wildman–Crippen LogP) is 2.08. The van der Waals surface area contributed by atoms with Crippen molar-refractivity contribution in [3.05, 3.63) is 0 Å². The summed E-state index contributed by atoms with van der Waals surface area (Å²) in [5, 5.41) is 9.27. The van der Waals surface area contributed by atoms with Crippen molar-refractivity contribution in [3.63, 3.8) is 0 Å². The number of hydrogen-bond donors (Lipinski definition) is 3. The standard InChI is InChI=1S/C10H21O5P/c1-4-8(7-16(13,14)15)10(5-2,6-3)9(11)12/h8H,4-7H2,1-3H3,(H,11,12)(H2,13,14,15)/t8-/m1/s1. The van der Waals surface area contributed by atoms with Crippen LogP contribution in [0.25, 0.3) is 0 Å². The van der Waals surface area contributed by atoms with Gasteiger partial charge < -0.3 is 14.9 Å². The molecule has 0 saturated heterocycles. The molecule has 6 heteroatoms. The Morgan fingerprint density at radius 3 is 1.88 bits per heavy atom. The average Bonchev–Trinajstić information content (AvgIpc) is 2.16. The van der Waals surface area contributed by atoms with Crippen molar-refractivity contribution in [1.29, 1.82) is 0 Å². The summed E-state index contributed by atoms with van der Waals surface area (Å²) in [7, 11) is -4.16. The maximum atomic E-state index is 11.3. The van der Waals surface area contributed by atoms with Gasteiger partial charge in [-0.25, -0.2) is 0 Å². The zero-order valence-corrected chi connectivity index (χ0v) is 10.9. The van der Waals surface area contributed by atoms with Crippen LogP contribution < -0.4 is 0 Å². The van der Waals surface area contributed by atoms with E-state index in [1.807, 2.05) is 0 Å². The second-order valence-electron chi connectivity index (χ2n) is 4.12. The molecular formula is C10H21O5P. The lowest BCUT2D eigenvalue weighted by Gasteiger charge is -2.35. The van der Waals surface area contributed by atoms with Crippen molar-refractivity contribution in [2.45, 2.75) is 40.0 Å². The van der Waals surface area contributed by atoms with Crippen molar-refractivity contribution in [2.75, 3.05) is 6.16 Å². The van der Waals surface area contributed by atoms with E-state index < -0.39 is 24.9 Å². The average molecular weight is 252 g/mol. The molecule has 1 atom stereocenters. The van der Waals surface area contributed by atoms with Gasteiger partial charge in [0.25, 0.3) is 0 Å². The summed E-state index contributed by atoms with van der Waals surface area (Å²) in [6.45, 7) is 5.27. The molecule has 0 radical (unpaired) electrons. The van der Waals surface area contributed by atoms with Crippen molar-refractivity contribution in [1.82, 2.24) is 0 Å². The molecule has 0 bridgehead atoms. The summed E-state index contributed by atoms with van der Waals surface area (Å²) in [6, 6.07) is 0.